The van der Waals surface area contributed by atoms with Crippen LogP contribution < -0.4 is 0 Å². The summed E-state index contributed by atoms with van der Waals surface area (Å²) in [7, 11) is -6.86. The van der Waals surface area contributed by atoms with Crippen molar-refractivity contribution < 1.29 is 30.5 Å². The van der Waals surface area contributed by atoms with E-state index in [0.717, 1.165) is 0 Å². The van der Waals surface area contributed by atoms with Crippen molar-refractivity contribution in [1.82, 2.24) is 0 Å². The minimum Gasteiger partial charge on any atom is -0.482 e. The molecule has 1 N–H and O–H groups in total. The Labute approximate surface area is 85.8 Å². The van der Waals surface area contributed by atoms with Gasteiger partial charge in [0.25, 0.3) is 40.0 Å². The Morgan fingerprint density at radius 1 is 1.00 bits per heavy atom. The summed E-state index contributed by atoms with van der Waals surface area (Å²) in [5.41, 5.74) is -0.989. The Kier molecular flexibility index (Phi) is 5.94. The van der Waals surface area contributed by atoms with Gasteiger partial charge in [0.1, 0.15) is 0 Å². The van der Waals surface area contributed by atoms with Gasteiger partial charge in [-0.15, -0.1) is 0 Å². The molecule has 1 saturated heterocycles. The molecule has 0 aromatic carbocycles. The fourth-order valence-corrected chi connectivity index (χ4v) is 10.4. The quantitative estimate of drug-likeness (QED) is 0.483. The first kappa shape index (κ1) is 11.4. The van der Waals surface area contributed by atoms with Crippen LogP contribution in [0.15, 0.2) is 0 Å². The molecule has 0 radical (unpaired) electrons. The van der Waals surface area contributed by atoms with E-state index in [0.29, 0.717) is 0 Å². The Morgan fingerprint density at radius 2 is 1.46 bits per heavy atom. The lowest BCUT2D eigenvalue weighted by atomic mass is 11.6. The lowest BCUT2D eigenvalue weighted by molar-refractivity contribution is 0.207. The van der Waals surface area contributed by atoms with Crippen LogP contribution in [0, 0.1) is 0 Å². The molecule has 7 nitrogen and oxygen atoms in total. The normalized spacial score (nSPS) is 34.0. The van der Waals surface area contributed by atoms with E-state index in [2.05, 4.69) is 0 Å². The second kappa shape index (κ2) is 6.76. The molecular formula is CH10O7Si5. The highest BCUT2D eigenvalue weighted by Gasteiger charge is 2.23. The van der Waals surface area contributed by atoms with Crippen LogP contribution in [0.2, 0.25) is 0 Å². The van der Waals surface area contributed by atoms with Crippen molar-refractivity contribution in [2.24, 2.45) is 0 Å². The first-order valence-corrected chi connectivity index (χ1v) is 9.64. The summed E-state index contributed by atoms with van der Waals surface area (Å²) in [5.74, 6) is 0. The van der Waals surface area contributed by atoms with Crippen molar-refractivity contribution in [1.29, 1.82) is 0 Å². The monoisotopic (exact) mass is 274 g/mol. The molecule has 0 saturated carbocycles. The maximum Gasteiger partial charge on any atom is 0.428 e. The van der Waals surface area contributed by atoms with Crippen molar-refractivity contribution in [2.45, 2.75) is 0 Å². The Morgan fingerprint density at radius 3 is 1.92 bits per heavy atom. The first-order chi connectivity index (χ1) is 6.30. The molecule has 0 unspecified atom stereocenters. The van der Waals surface area contributed by atoms with Gasteiger partial charge in [0.2, 0.25) is 0 Å². The average Bonchev–Trinajstić information content (AvgIpc) is 2.14. The van der Waals surface area contributed by atoms with Gasteiger partial charge in [0.05, 0.1) is 0 Å². The fraction of sp³-hybridized carbons (Fsp3) is 0. The molecule has 0 aliphatic carbocycles. The van der Waals surface area contributed by atoms with Crippen molar-refractivity contribution in [3.8, 4) is 0 Å². The predicted octanol–water partition coefficient (Wildman–Crippen LogP) is -4.44. The molecule has 76 valence electrons. The molecule has 1 aliphatic rings. The third-order valence-corrected chi connectivity index (χ3v) is 9.05. The second-order valence-corrected chi connectivity index (χ2v) is 11.8. The summed E-state index contributed by atoms with van der Waals surface area (Å²) in [6.45, 7) is 0. The molecule has 1 fully saturated rings. The van der Waals surface area contributed by atoms with Crippen LogP contribution in [-0.4, -0.2) is 60.0 Å². The van der Waals surface area contributed by atoms with Gasteiger partial charge in [0, 0.05) is 0 Å². The summed E-state index contributed by atoms with van der Waals surface area (Å²) in [4.78, 5) is 10.6. The zero-order valence-electron chi connectivity index (χ0n) is 6.80. The summed E-state index contributed by atoms with van der Waals surface area (Å²) in [5, 5.41) is 8.65. The minimum absolute atomic E-state index is 0.964. The smallest absolute Gasteiger partial charge is 0.428 e. The topological polar surface area (TPSA) is 83.5 Å². The number of hydrogen-bond acceptors (Lipinski definition) is 6. The standard InChI is InChI=1S/CH10O7Si5/c2-1(3)13-7-11-5-9-4-10-6-12-8-13/h13H,9-12H2,(H,2,3). The maximum atomic E-state index is 10.6. The van der Waals surface area contributed by atoms with E-state index in [4.69, 9.17) is 25.7 Å². The molecule has 1 aliphatic heterocycles. The van der Waals surface area contributed by atoms with Gasteiger partial charge in [0.15, 0.2) is 0 Å². The molecule has 13 heavy (non-hydrogen) atoms. The highest BCUT2D eigenvalue weighted by atomic mass is 28.4. The molecule has 1 rings (SSSR count). The van der Waals surface area contributed by atoms with Gasteiger partial charge >= 0.3 is 14.9 Å². The third-order valence-electron chi connectivity index (χ3n) is 1.14. The molecule has 0 spiro atoms. The van der Waals surface area contributed by atoms with E-state index in [1.807, 2.05) is 0 Å². The molecule has 12 heteroatoms. The molecular weight excluding hydrogens is 264 g/mol. The highest BCUT2D eigenvalue weighted by molar-refractivity contribution is 6.83. The van der Waals surface area contributed by atoms with Crippen molar-refractivity contribution >= 4 is 54.9 Å². The predicted molar refractivity (Wildman–Crippen MR) is 54.8 cm³/mol. The van der Waals surface area contributed by atoms with Crippen LogP contribution in [0.1, 0.15) is 0 Å². The van der Waals surface area contributed by atoms with Gasteiger partial charge < -0.3 is 25.7 Å². The van der Waals surface area contributed by atoms with Crippen LogP contribution in [0.3, 0.4) is 0 Å². The van der Waals surface area contributed by atoms with E-state index in [1.165, 1.54) is 0 Å². The van der Waals surface area contributed by atoms with E-state index < -0.39 is 54.9 Å². The molecule has 0 aromatic heterocycles. The maximum absolute atomic E-state index is 10.6. The molecule has 0 amide bonds. The van der Waals surface area contributed by atoms with E-state index in [9.17, 15) is 4.79 Å². The van der Waals surface area contributed by atoms with Gasteiger partial charge in [-0.1, -0.05) is 0 Å². The summed E-state index contributed by atoms with van der Waals surface area (Å²) in [6, 6.07) is 0. The van der Waals surface area contributed by atoms with Crippen molar-refractivity contribution in [2.75, 3.05) is 0 Å². The van der Waals surface area contributed by atoms with Gasteiger partial charge in [-0.3, -0.25) is 4.79 Å². The second-order valence-electron chi connectivity index (χ2n) is 2.09. The molecule has 1 heterocycles. The van der Waals surface area contributed by atoms with Crippen LogP contribution in [0.25, 0.3) is 0 Å². The van der Waals surface area contributed by atoms with Gasteiger partial charge in [-0.05, 0) is 0 Å². The average molecular weight is 275 g/mol. The Balaban J connectivity index is 2.30. The zero-order chi connectivity index (χ0) is 9.52. The van der Waals surface area contributed by atoms with Crippen molar-refractivity contribution in [3.05, 3.63) is 0 Å². The van der Waals surface area contributed by atoms with Gasteiger partial charge in [-0.25, -0.2) is 0 Å². The lowest BCUT2D eigenvalue weighted by Gasteiger charge is -2.15. The van der Waals surface area contributed by atoms with Crippen LogP contribution in [0.5, 0.6) is 0 Å². The van der Waals surface area contributed by atoms with Gasteiger partial charge in [-0.2, -0.15) is 0 Å². The van der Waals surface area contributed by atoms with E-state index in [1.54, 1.807) is 0 Å². The number of hydrogen-bond donors (Lipinski definition) is 1. The first-order valence-electron chi connectivity index (χ1n) is 3.50. The highest BCUT2D eigenvalue weighted by Crippen LogP contribution is 1.91. The van der Waals surface area contributed by atoms with Crippen molar-refractivity contribution in [3.63, 3.8) is 0 Å². The Hall–Kier alpha value is 0.354. The van der Waals surface area contributed by atoms with Crippen LogP contribution in [0.4, 0.5) is 4.79 Å². The summed E-state index contributed by atoms with van der Waals surface area (Å²) in [6.07, 6.45) is 0. The zero-order valence-corrected chi connectivity index (χ0v) is 13.6. The lowest BCUT2D eigenvalue weighted by Crippen LogP contribution is -2.38. The SMILES string of the molecule is O=C(O)[SiH]1O[SiH2]O[SiH2]O[SiH2]O[SiH2]O1. The Bertz CT molecular complexity index is 153. The summed E-state index contributed by atoms with van der Waals surface area (Å²) >= 11 is 0. The van der Waals surface area contributed by atoms with Crippen LogP contribution in [-0.2, 0) is 20.6 Å². The largest absolute Gasteiger partial charge is 0.482 e. The number of carbonyl (C=O) groups is 1. The third kappa shape index (κ3) is 4.95. The van der Waals surface area contributed by atoms with E-state index in [-0.39, 0.29) is 0 Å². The molecule has 0 atom stereocenters. The summed E-state index contributed by atoms with van der Waals surface area (Å²) < 4.78 is 25.4. The molecule has 0 bridgehead atoms. The van der Waals surface area contributed by atoms with E-state index >= 15 is 0 Å². The number of carboxylic acid groups (broad SMARTS) is 1. The minimum atomic E-state index is -2.54. The number of rotatable bonds is 1. The fourth-order valence-electron chi connectivity index (χ4n) is 0.630. The molecule has 0 aromatic rings. The van der Waals surface area contributed by atoms with Crippen LogP contribution >= 0.6 is 0 Å².